The SMILES string of the molecule is COC(=O)[C@H](Cc1ccccc1)NC(=S)[C@H](C)NC(=O)OCC1c2ccccc2-c2ccccc21. The van der Waals surface area contributed by atoms with E-state index < -0.39 is 24.1 Å². The Bertz CT molecular complexity index is 1170. The molecular weight excluding hydrogens is 460 g/mol. The van der Waals surface area contributed by atoms with Gasteiger partial charge in [0.2, 0.25) is 0 Å². The summed E-state index contributed by atoms with van der Waals surface area (Å²) in [6, 6.07) is 24.7. The van der Waals surface area contributed by atoms with Gasteiger partial charge in [0.05, 0.1) is 18.1 Å². The van der Waals surface area contributed by atoms with Gasteiger partial charge >= 0.3 is 12.1 Å². The highest BCUT2D eigenvalue weighted by Crippen LogP contribution is 2.44. The average Bonchev–Trinajstić information content (AvgIpc) is 3.20. The van der Waals surface area contributed by atoms with Crippen LogP contribution in [0.25, 0.3) is 11.1 Å². The van der Waals surface area contributed by atoms with Crippen LogP contribution in [0.15, 0.2) is 78.9 Å². The van der Waals surface area contributed by atoms with Crippen LogP contribution in [0.2, 0.25) is 0 Å². The molecule has 4 rings (SSSR count). The lowest BCUT2D eigenvalue weighted by Crippen LogP contribution is -2.50. The van der Waals surface area contributed by atoms with Crippen LogP contribution in [-0.4, -0.2) is 42.9 Å². The number of hydrogen-bond acceptors (Lipinski definition) is 5. The van der Waals surface area contributed by atoms with Crippen molar-refractivity contribution in [1.82, 2.24) is 10.6 Å². The zero-order chi connectivity index (χ0) is 24.8. The number of carbonyl (C=O) groups excluding carboxylic acids is 2. The molecule has 3 aromatic rings. The summed E-state index contributed by atoms with van der Waals surface area (Å²) in [7, 11) is 1.34. The number of amides is 1. The molecule has 180 valence electrons. The Labute approximate surface area is 210 Å². The van der Waals surface area contributed by atoms with Gasteiger partial charge in [0, 0.05) is 12.3 Å². The van der Waals surface area contributed by atoms with Crippen molar-refractivity contribution in [2.24, 2.45) is 0 Å². The molecule has 0 bridgehead atoms. The van der Waals surface area contributed by atoms with Crippen LogP contribution in [0.5, 0.6) is 0 Å². The molecule has 6 nitrogen and oxygen atoms in total. The molecule has 0 saturated carbocycles. The quantitative estimate of drug-likeness (QED) is 0.356. The number of methoxy groups -OCH3 is 1. The number of alkyl carbamates (subject to hydrolysis) is 1. The molecule has 1 aliphatic rings. The number of thiocarbonyl (C=S) groups is 1. The number of esters is 1. The third-order valence-corrected chi connectivity index (χ3v) is 6.63. The Hall–Kier alpha value is -3.71. The summed E-state index contributed by atoms with van der Waals surface area (Å²) >= 11 is 5.46. The van der Waals surface area contributed by atoms with Crippen LogP contribution < -0.4 is 10.6 Å². The molecule has 1 amide bonds. The molecule has 3 aromatic carbocycles. The minimum atomic E-state index is -0.665. The Morgan fingerprint density at radius 1 is 0.886 bits per heavy atom. The first-order valence-corrected chi connectivity index (χ1v) is 11.9. The summed E-state index contributed by atoms with van der Waals surface area (Å²) in [4.78, 5) is 25.2. The highest BCUT2D eigenvalue weighted by Gasteiger charge is 2.29. The van der Waals surface area contributed by atoms with Gasteiger partial charge in [-0.3, -0.25) is 0 Å². The van der Waals surface area contributed by atoms with E-state index in [9.17, 15) is 9.59 Å². The fourth-order valence-corrected chi connectivity index (χ4v) is 4.57. The van der Waals surface area contributed by atoms with Crippen molar-refractivity contribution in [2.75, 3.05) is 13.7 Å². The third kappa shape index (κ3) is 5.69. The molecule has 35 heavy (non-hydrogen) atoms. The van der Waals surface area contributed by atoms with Crippen LogP contribution in [0.3, 0.4) is 0 Å². The molecule has 0 spiro atoms. The maximum atomic E-state index is 12.6. The Balaban J connectivity index is 1.34. The lowest BCUT2D eigenvalue weighted by Gasteiger charge is -2.22. The van der Waals surface area contributed by atoms with E-state index in [1.807, 2.05) is 54.6 Å². The second-order valence-electron chi connectivity index (χ2n) is 8.47. The van der Waals surface area contributed by atoms with Crippen molar-refractivity contribution >= 4 is 29.3 Å². The number of benzene rings is 3. The fraction of sp³-hybridized carbons (Fsp3) is 0.250. The molecular formula is C28H28N2O4S. The normalized spacial score (nSPS) is 13.7. The van der Waals surface area contributed by atoms with Gasteiger partial charge < -0.3 is 20.1 Å². The van der Waals surface area contributed by atoms with Crippen molar-refractivity contribution < 1.29 is 19.1 Å². The van der Waals surface area contributed by atoms with Crippen LogP contribution in [0, 0.1) is 0 Å². The number of carbonyl (C=O) groups is 2. The standard InChI is InChI=1S/C28H28N2O4S/c1-18(26(35)30-25(27(31)33-2)16-19-10-4-3-5-11-19)29-28(32)34-17-24-22-14-8-6-12-20(22)21-13-7-9-15-23(21)24/h3-15,18,24-25H,16-17H2,1-2H3,(H,29,32)(H,30,35)/t18-,25-/m0/s1. The van der Waals surface area contributed by atoms with Gasteiger partial charge in [0.15, 0.2) is 0 Å². The minimum absolute atomic E-state index is 0.0249. The van der Waals surface area contributed by atoms with Crippen LogP contribution >= 0.6 is 12.2 Å². The van der Waals surface area contributed by atoms with E-state index in [0.717, 1.165) is 16.7 Å². The maximum Gasteiger partial charge on any atom is 0.407 e. The molecule has 1 aliphatic carbocycles. The van der Waals surface area contributed by atoms with Crippen molar-refractivity contribution in [3.63, 3.8) is 0 Å². The topological polar surface area (TPSA) is 76.7 Å². The van der Waals surface area contributed by atoms with Gasteiger partial charge in [-0.05, 0) is 34.7 Å². The number of hydrogen-bond donors (Lipinski definition) is 2. The molecule has 0 unspecified atom stereocenters. The summed E-state index contributed by atoms with van der Waals surface area (Å²) in [5.41, 5.74) is 5.60. The third-order valence-electron chi connectivity index (χ3n) is 6.16. The molecule has 0 saturated heterocycles. The highest BCUT2D eigenvalue weighted by molar-refractivity contribution is 7.80. The summed E-state index contributed by atoms with van der Waals surface area (Å²) in [5.74, 6) is -0.451. The minimum Gasteiger partial charge on any atom is -0.467 e. The number of fused-ring (bicyclic) bond motifs is 3. The predicted octanol–water partition coefficient (Wildman–Crippen LogP) is 4.61. The lowest BCUT2D eigenvalue weighted by atomic mass is 9.98. The summed E-state index contributed by atoms with van der Waals surface area (Å²) in [6.07, 6.45) is -0.160. The van der Waals surface area contributed by atoms with Gasteiger partial charge in [-0.2, -0.15) is 0 Å². The maximum absolute atomic E-state index is 12.6. The van der Waals surface area contributed by atoms with E-state index in [2.05, 4.69) is 34.9 Å². The lowest BCUT2D eigenvalue weighted by molar-refractivity contribution is -0.142. The molecule has 2 atom stereocenters. The van der Waals surface area contributed by atoms with Crippen molar-refractivity contribution in [2.45, 2.75) is 31.3 Å². The van der Waals surface area contributed by atoms with E-state index in [4.69, 9.17) is 21.7 Å². The van der Waals surface area contributed by atoms with Gasteiger partial charge in [-0.15, -0.1) is 0 Å². The molecule has 0 heterocycles. The molecule has 0 aliphatic heterocycles. The first-order chi connectivity index (χ1) is 17.0. The van der Waals surface area contributed by atoms with Gasteiger partial charge in [-0.25, -0.2) is 9.59 Å². The number of rotatable bonds is 8. The Kier molecular flexibility index (Phi) is 7.77. The molecule has 0 aromatic heterocycles. The molecule has 7 heteroatoms. The van der Waals surface area contributed by atoms with Gasteiger partial charge in [0.25, 0.3) is 0 Å². The molecule has 0 fully saturated rings. The second-order valence-corrected chi connectivity index (χ2v) is 8.91. The van der Waals surface area contributed by atoms with E-state index >= 15 is 0 Å². The number of nitrogens with one attached hydrogen (secondary N) is 2. The average molecular weight is 489 g/mol. The van der Waals surface area contributed by atoms with Crippen molar-refractivity contribution in [3.8, 4) is 11.1 Å². The van der Waals surface area contributed by atoms with Crippen LogP contribution in [-0.2, 0) is 20.7 Å². The molecule has 2 N–H and O–H groups in total. The van der Waals surface area contributed by atoms with Gasteiger partial charge in [0.1, 0.15) is 12.6 Å². The Morgan fingerprint density at radius 3 is 2.06 bits per heavy atom. The number of ether oxygens (including phenoxy) is 2. The zero-order valence-electron chi connectivity index (χ0n) is 19.7. The summed E-state index contributed by atoms with van der Waals surface area (Å²) in [6.45, 7) is 1.96. The summed E-state index contributed by atoms with van der Waals surface area (Å²) in [5, 5.41) is 5.79. The van der Waals surface area contributed by atoms with E-state index in [1.54, 1.807) is 6.92 Å². The highest BCUT2D eigenvalue weighted by atomic mass is 32.1. The van der Waals surface area contributed by atoms with E-state index in [-0.39, 0.29) is 12.5 Å². The second kappa shape index (κ2) is 11.1. The smallest absolute Gasteiger partial charge is 0.407 e. The fourth-order valence-electron chi connectivity index (χ4n) is 4.36. The van der Waals surface area contributed by atoms with Gasteiger partial charge in [-0.1, -0.05) is 91.1 Å². The zero-order valence-corrected chi connectivity index (χ0v) is 20.5. The van der Waals surface area contributed by atoms with Crippen LogP contribution in [0.4, 0.5) is 4.79 Å². The predicted molar refractivity (Wildman–Crippen MR) is 139 cm³/mol. The van der Waals surface area contributed by atoms with E-state index in [0.29, 0.717) is 11.4 Å². The monoisotopic (exact) mass is 488 g/mol. The van der Waals surface area contributed by atoms with E-state index in [1.165, 1.54) is 18.2 Å². The van der Waals surface area contributed by atoms with Crippen molar-refractivity contribution in [3.05, 3.63) is 95.6 Å². The Morgan fingerprint density at radius 2 is 1.46 bits per heavy atom. The first-order valence-electron chi connectivity index (χ1n) is 11.5. The summed E-state index contributed by atoms with van der Waals surface area (Å²) < 4.78 is 10.5. The van der Waals surface area contributed by atoms with Crippen molar-refractivity contribution in [1.29, 1.82) is 0 Å². The largest absolute Gasteiger partial charge is 0.467 e. The molecule has 0 radical (unpaired) electrons. The first kappa shape index (κ1) is 24.4. The van der Waals surface area contributed by atoms with Crippen LogP contribution in [0.1, 0.15) is 29.5 Å².